The molecule has 1 aliphatic rings. The summed E-state index contributed by atoms with van der Waals surface area (Å²) >= 11 is 0. The van der Waals surface area contributed by atoms with Gasteiger partial charge in [0.05, 0.1) is 18.7 Å². The predicted octanol–water partition coefficient (Wildman–Crippen LogP) is 3.81. The Morgan fingerprint density at radius 1 is 1.44 bits per heavy atom. The fraction of sp³-hybridized carbons (Fsp3) is 0.476. The highest BCUT2D eigenvalue weighted by atomic mass is 16.5. The van der Waals surface area contributed by atoms with Crippen LogP contribution in [0.3, 0.4) is 0 Å². The van der Waals surface area contributed by atoms with E-state index in [2.05, 4.69) is 29.6 Å². The number of pyridine rings is 1. The van der Waals surface area contributed by atoms with E-state index in [1.165, 1.54) is 6.42 Å². The highest BCUT2D eigenvalue weighted by molar-refractivity contribution is 5.83. The van der Waals surface area contributed by atoms with Crippen molar-refractivity contribution in [1.29, 1.82) is 0 Å². The van der Waals surface area contributed by atoms with Gasteiger partial charge in [0, 0.05) is 18.1 Å². The van der Waals surface area contributed by atoms with Crippen LogP contribution in [0.2, 0.25) is 0 Å². The maximum absolute atomic E-state index is 10.8. The molecule has 1 fully saturated rings. The molecular weight excluding hydrogens is 312 g/mol. The molecule has 3 atom stereocenters. The van der Waals surface area contributed by atoms with Crippen molar-refractivity contribution in [2.24, 2.45) is 11.8 Å². The van der Waals surface area contributed by atoms with Crippen LogP contribution < -0.4 is 4.74 Å². The molecule has 1 N–H and O–H groups in total. The topological polar surface area (TPSA) is 45.6 Å². The molecule has 0 aliphatic carbocycles. The van der Waals surface area contributed by atoms with Gasteiger partial charge < -0.3 is 14.7 Å². The molecule has 2 aromatic rings. The molecule has 0 bridgehead atoms. The zero-order valence-electron chi connectivity index (χ0n) is 15.2. The summed E-state index contributed by atoms with van der Waals surface area (Å²) in [5.41, 5.74) is 1.83. The van der Waals surface area contributed by atoms with Gasteiger partial charge in [-0.25, -0.2) is 0 Å². The molecular formula is C21H28N2O2. The Hall–Kier alpha value is -1.91. The maximum Gasteiger partial charge on any atom is 0.119 e. The summed E-state index contributed by atoms with van der Waals surface area (Å²) < 4.78 is 5.33. The van der Waals surface area contributed by atoms with Gasteiger partial charge in [0.15, 0.2) is 0 Å². The fourth-order valence-corrected chi connectivity index (χ4v) is 3.92. The van der Waals surface area contributed by atoms with Crippen molar-refractivity contribution in [3.05, 3.63) is 48.7 Å². The molecule has 4 heteroatoms. The highest BCUT2D eigenvalue weighted by Crippen LogP contribution is 2.33. The van der Waals surface area contributed by atoms with Crippen molar-refractivity contribution in [3.8, 4) is 5.75 Å². The van der Waals surface area contributed by atoms with Crippen LogP contribution >= 0.6 is 0 Å². The minimum absolute atomic E-state index is 0.484. The number of aliphatic hydroxyl groups excluding tert-OH is 1. The van der Waals surface area contributed by atoms with E-state index in [-0.39, 0.29) is 0 Å². The third-order valence-corrected chi connectivity index (χ3v) is 5.46. The van der Waals surface area contributed by atoms with Gasteiger partial charge in [-0.3, -0.25) is 4.98 Å². The molecule has 3 rings (SSSR count). The minimum atomic E-state index is -0.484. The van der Waals surface area contributed by atoms with E-state index >= 15 is 0 Å². The number of rotatable bonds is 6. The van der Waals surface area contributed by atoms with Gasteiger partial charge in [-0.05, 0) is 74.5 Å². The van der Waals surface area contributed by atoms with Crippen LogP contribution in [0.4, 0.5) is 0 Å². The second-order valence-corrected chi connectivity index (χ2v) is 7.09. The van der Waals surface area contributed by atoms with E-state index in [1.807, 2.05) is 24.3 Å². The highest BCUT2D eigenvalue weighted by Gasteiger charge is 2.26. The Morgan fingerprint density at radius 3 is 3.04 bits per heavy atom. The molecule has 134 valence electrons. The number of nitrogens with zero attached hydrogens (tertiary/aromatic N) is 2. The van der Waals surface area contributed by atoms with E-state index in [0.717, 1.165) is 48.1 Å². The molecule has 1 saturated heterocycles. The minimum Gasteiger partial charge on any atom is -0.497 e. The predicted molar refractivity (Wildman–Crippen MR) is 102 cm³/mol. The number of methoxy groups -OCH3 is 1. The van der Waals surface area contributed by atoms with E-state index in [9.17, 15) is 5.11 Å². The van der Waals surface area contributed by atoms with E-state index in [0.29, 0.717) is 11.8 Å². The van der Waals surface area contributed by atoms with Crippen LogP contribution in [-0.4, -0.2) is 42.2 Å². The zero-order chi connectivity index (χ0) is 17.8. The van der Waals surface area contributed by atoms with Crippen molar-refractivity contribution < 1.29 is 9.84 Å². The van der Waals surface area contributed by atoms with Crippen LogP contribution in [0.5, 0.6) is 5.75 Å². The number of aromatic nitrogens is 1. The van der Waals surface area contributed by atoms with Crippen molar-refractivity contribution in [3.63, 3.8) is 0 Å². The van der Waals surface area contributed by atoms with Crippen LogP contribution in [-0.2, 0) is 0 Å². The molecule has 4 nitrogen and oxygen atoms in total. The number of benzene rings is 1. The Morgan fingerprint density at radius 2 is 2.28 bits per heavy atom. The summed E-state index contributed by atoms with van der Waals surface area (Å²) in [4.78, 5) is 6.76. The number of hydrogen-bond acceptors (Lipinski definition) is 4. The first-order valence-corrected chi connectivity index (χ1v) is 9.04. The van der Waals surface area contributed by atoms with Gasteiger partial charge in [-0.2, -0.15) is 0 Å². The molecule has 25 heavy (non-hydrogen) atoms. The third kappa shape index (κ3) is 4.02. The number of piperidine rings is 1. The average molecular weight is 340 g/mol. The number of fused-ring (bicyclic) bond motifs is 1. The molecule has 3 unspecified atom stereocenters. The van der Waals surface area contributed by atoms with Crippen molar-refractivity contribution in [1.82, 2.24) is 9.88 Å². The zero-order valence-corrected chi connectivity index (χ0v) is 15.2. The monoisotopic (exact) mass is 340 g/mol. The smallest absolute Gasteiger partial charge is 0.119 e. The van der Waals surface area contributed by atoms with Crippen LogP contribution in [0.1, 0.15) is 30.9 Å². The van der Waals surface area contributed by atoms with E-state index in [4.69, 9.17) is 4.74 Å². The Bertz CT molecular complexity index is 731. The van der Waals surface area contributed by atoms with E-state index < -0.39 is 6.10 Å². The van der Waals surface area contributed by atoms with Gasteiger partial charge in [0.25, 0.3) is 0 Å². The molecule has 0 spiro atoms. The standard InChI is InChI=1S/C21H28N2O2/c1-4-15-14-23(2)12-10-16(15)5-8-21(24)18-9-11-22-20-7-6-17(25-3)13-19(18)20/h4,6-7,9,11,13,15-16,21,24H,1,5,8,10,12,14H2,2-3H3. The summed E-state index contributed by atoms with van der Waals surface area (Å²) in [5.74, 6) is 1.90. The lowest BCUT2D eigenvalue weighted by molar-refractivity contribution is 0.124. The molecule has 0 saturated carbocycles. The SMILES string of the molecule is C=CC1CN(C)CCC1CCC(O)c1ccnc2ccc(OC)cc12. The molecule has 1 aromatic carbocycles. The fourth-order valence-electron chi connectivity index (χ4n) is 3.92. The number of aliphatic hydroxyl groups is 1. The average Bonchev–Trinajstić information content (AvgIpc) is 2.65. The lowest BCUT2D eigenvalue weighted by Gasteiger charge is -2.35. The number of ether oxygens (including phenoxy) is 1. The summed E-state index contributed by atoms with van der Waals surface area (Å²) in [7, 11) is 3.82. The molecule has 0 amide bonds. The molecule has 2 heterocycles. The summed E-state index contributed by atoms with van der Waals surface area (Å²) in [6, 6.07) is 7.73. The van der Waals surface area contributed by atoms with Crippen LogP contribution in [0, 0.1) is 11.8 Å². The molecule has 1 aliphatic heterocycles. The first-order chi connectivity index (χ1) is 12.1. The first kappa shape index (κ1) is 17.9. The van der Waals surface area contributed by atoms with Crippen LogP contribution in [0.15, 0.2) is 43.1 Å². The van der Waals surface area contributed by atoms with Gasteiger partial charge >= 0.3 is 0 Å². The number of hydrogen-bond donors (Lipinski definition) is 1. The normalized spacial score (nSPS) is 22.7. The largest absolute Gasteiger partial charge is 0.497 e. The van der Waals surface area contributed by atoms with Crippen molar-refractivity contribution >= 4 is 10.9 Å². The molecule has 1 aromatic heterocycles. The van der Waals surface area contributed by atoms with Gasteiger partial charge in [0.2, 0.25) is 0 Å². The lowest BCUT2D eigenvalue weighted by atomic mass is 9.81. The van der Waals surface area contributed by atoms with Crippen LogP contribution in [0.25, 0.3) is 10.9 Å². The Balaban J connectivity index is 1.74. The van der Waals surface area contributed by atoms with Crippen molar-refractivity contribution in [2.75, 3.05) is 27.2 Å². The van der Waals surface area contributed by atoms with Crippen molar-refractivity contribution in [2.45, 2.75) is 25.4 Å². The summed E-state index contributed by atoms with van der Waals surface area (Å²) in [6.07, 6.45) is 6.32. The third-order valence-electron chi connectivity index (χ3n) is 5.46. The second kappa shape index (κ2) is 7.98. The Labute approximate surface area is 150 Å². The maximum atomic E-state index is 10.8. The first-order valence-electron chi connectivity index (χ1n) is 9.04. The quantitative estimate of drug-likeness (QED) is 0.812. The van der Waals surface area contributed by atoms with Gasteiger partial charge in [0.1, 0.15) is 5.75 Å². The van der Waals surface area contributed by atoms with Gasteiger partial charge in [-0.15, -0.1) is 6.58 Å². The second-order valence-electron chi connectivity index (χ2n) is 7.09. The Kier molecular flexibility index (Phi) is 5.71. The number of likely N-dealkylation sites (tertiary alicyclic amines) is 1. The van der Waals surface area contributed by atoms with E-state index in [1.54, 1.807) is 13.3 Å². The molecule has 0 radical (unpaired) electrons. The summed E-state index contributed by atoms with van der Waals surface area (Å²) in [6.45, 7) is 6.20. The summed E-state index contributed by atoms with van der Waals surface area (Å²) in [5, 5.41) is 11.8. The van der Waals surface area contributed by atoms with Gasteiger partial charge in [-0.1, -0.05) is 6.08 Å². The lowest BCUT2D eigenvalue weighted by Crippen LogP contribution is -2.37.